The number of nitrogens with zero attached hydrogens (tertiary/aromatic N) is 2. The third-order valence-corrected chi connectivity index (χ3v) is 5.39. The highest BCUT2D eigenvalue weighted by atomic mass is 32.1. The van der Waals surface area contributed by atoms with Crippen molar-refractivity contribution < 1.29 is 14.6 Å². The van der Waals surface area contributed by atoms with E-state index in [4.69, 9.17) is 4.74 Å². The minimum absolute atomic E-state index is 0.105. The number of para-hydroxylation sites is 1. The number of fused-ring (bicyclic) bond motifs is 1. The number of carbonyl (C=O) groups excluding carboxylic acids is 1. The van der Waals surface area contributed by atoms with E-state index in [9.17, 15) is 14.7 Å². The van der Waals surface area contributed by atoms with Crippen LogP contribution in [0.5, 0.6) is 5.75 Å². The molecule has 0 saturated heterocycles. The molecule has 1 aliphatic heterocycles. The monoisotopic (exact) mass is 386 g/mol. The van der Waals surface area contributed by atoms with Crippen LogP contribution in [-0.2, 0) is 9.53 Å². The first-order chi connectivity index (χ1) is 13.0. The van der Waals surface area contributed by atoms with Crippen LogP contribution in [0, 0.1) is 0 Å². The fourth-order valence-electron chi connectivity index (χ4n) is 3.14. The second kappa shape index (κ2) is 7.92. The molecule has 0 saturated carbocycles. The van der Waals surface area contributed by atoms with E-state index in [-0.39, 0.29) is 24.0 Å². The Labute approximate surface area is 160 Å². The zero-order chi connectivity index (χ0) is 19.6. The van der Waals surface area contributed by atoms with Crippen molar-refractivity contribution in [3.05, 3.63) is 55.1 Å². The maximum Gasteiger partial charge on any atom is 0.337 e. The number of rotatable bonds is 5. The van der Waals surface area contributed by atoms with E-state index in [1.54, 1.807) is 44.2 Å². The van der Waals surface area contributed by atoms with Crippen LogP contribution in [0.2, 0.25) is 0 Å². The molecule has 3 rings (SSSR count). The van der Waals surface area contributed by atoms with Crippen molar-refractivity contribution in [3.8, 4) is 5.75 Å². The van der Waals surface area contributed by atoms with Crippen LogP contribution in [0.1, 0.15) is 39.2 Å². The molecule has 2 aromatic rings. The fraction of sp³-hybridized carbons (Fsp3) is 0.350. The van der Waals surface area contributed by atoms with E-state index in [1.165, 1.54) is 15.9 Å². The first-order valence-corrected chi connectivity index (χ1v) is 9.77. The lowest BCUT2D eigenvalue weighted by molar-refractivity contribution is -0.138. The molecule has 1 aliphatic rings. The molecule has 142 valence electrons. The van der Waals surface area contributed by atoms with Gasteiger partial charge in [-0.15, -0.1) is 0 Å². The Bertz CT molecular complexity index is 1080. The van der Waals surface area contributed by atoms with Crippen LogP contribution in [0.25, 0.3) is 11.8 Å². The van der Waals surface area contributed by atoms with E-state index >= 15 is 0 Å². The summed E-state index contributed by atoms with van der Waals surface area (Å²) in [5, 5.41) is 9.97. The number of hydrogen-bond acceptors (Lipinski definition) is 6. The number of hydrogen-bond donors (Lipinski definition) is 1. The number of carbonyl (C=O) groups is 1. The first-order valence-electron chi connectivity index (χ1n) is 8.95. The predicted octanol–water partition coefficient (Wildman–Crippen LogP) is 2.04. The van der Waals surface area contributed by atoms with E-state index < -0.39 is 5.97 Å². The summed E-state index contributed by atoms with van der Waals surface area (Å²) >= 11 is 1.26. The van der Waals surface area contributed by atoms with E-state index in [0.717, 1.165) is 6.42 Å². The smallest absolute Gasteiger partial charge is 0.337 e. The minimum Gasteiger partial charge on any atom is -0.507 e. The molecule has 0 bridgehead atoms. The Kier molecular flexibility index (Phi) is 5.60. The molecule has 0 amide bonds. The van der Waals surface area contributed by atoms with Gasteiger partial charge in [-0.3, -0.25) is 9.36 Å². The lowest BCUT2D eigenvalue weighted by Gasteiger charge is -2.21. The number of ether oxygens (including phenoxy) is 1. The van der Waals surface area contributed by atoms with Gasteiger partial charge in [-0.2, -0.15) is 0 Å². The number of thiazole rings is 1. The number of esters is 1. The molecule has 0 fully saturated rings. The number of allylic oxidation sites excluding steroid dienone is 1. The van der Waals surface area contributed by atoms with Crippen LogP contribution >= 0.6 is 11.3 Å². The maximum atomic E-state index is 12.9. The van der Waals surface area contributed by atoms with Gasteiger partial charge in [0.1, 0.15) is 5.75 Å². The first kappa shape index (κ1) is 19.1. The summed E-state index contributed by atoms with van der Waals surface area (Å²) in [5.41, 5.74) is 1.32. The molecule has 0 radical (unpaired) electrons. The number of phenols is 1. The zero-order valence-electron chi connectivity index (χ0n) is 15.6. The van der Waals surface area contributed by atoms with Crippen molar-refractivity contribution in [2.45, 2.75) is 39.7 Å². The molecule has 0 spiro atoms. The second-order valence-corrected chi connectivity index (χ2v) is 7.25. The van der Waals surface area contributed by atoms with Gasteiger partial charge in [-0.1, -0.05) is 42.9 Å². The van der Waals surface area contributed by atoms with Gasteiger partial charge in [-0.05, 0) is 32.4 Å². The lowest BCUT2D eigenvalue weighted by Crippen LogP contribution is -2.37. The lowest BCUT2D eigenvalue weighted by atomic mass is 10.00. The topological polar surface area (TPSA) is 80.9 Å². The summed E-state index contributed by atoms with van der Waals surface area (Å²) in [6, 6.07) is 6.51. The molecule has 1 aromatic carbocycles. The van der Waals surface area contributed by atoms with Crippen LogP contribution in [-0.4, -0.2) is 28.3 Å². The van der Waals surface area contributed by atoms with Crippen molar-refractivity contribution >= 4 is 29.1 Å². The zero-order valence-corrected chi connectivity index (χ0v) is 16.4. The Morgan fingerprint density at radius 2 is 2.11 bits per heavy atom. The standard InChI is InChI=1S/C20H22N2O4S/c1-4-8-14-17(19(25)26-5-2)12(3)22-18(24)16(27-20(22)21-14)11-13-9-6-7-10-15(13)23/h6-7,9-11,14,23H,4-5,8H2,1-3H3/b16-11-/t14-/m0/s1. The van der Waals surface area contributed by atoms with Gasteiger partial charge in [-0.25, -0.2) is 9.79 Å². The van der Waals surface area contributed by atoms with Gasteiger partial charge in [0, 0.05) is 11.3 Å². The molecule has 0 aliphatic carbocycles. The molecule has 27 heavy (non-hydrogen) atoms. The average Bonchev–Trinajstić information content (AvgIpc) is 2.93. The van der Waals surface area contributed by atoms with E-state index in [0.29, 0.717) is 32.6 Å². The maximum absolute atomic E-state index is 12.9. The van der Waals surface area contributed by atoms with Crippen molar-refractivity contribution in [2.24, 2.45) is 4.99 Å². The molecule has 1 atom stereocenters. The normalized spacial score (nSPS) is 16.9. The predicted molar refractivity (Wildman–Crippen MR) is 105 cm³/mol. The average molecular weight is 386 g/mol. The Balaban J connectivity index is 2.22. The Morgan fingerprint density at radius 1 is 1.37 bits per heavy atom. The number of benzene rings is 1. The van der Waals surface area contributed by atoms with Gasteiger partial charge in [0.25, 0.3) is 5.56 Å². The molecule has 6 nitrogen and oxygen atoms in total. The largest absolute Gasteiger partial charge is 0.507 e. The summed E-state index contributed by atoms with van der Waals surface area (Å²) < 4.78 is 7.11. The van der Waals surface area contributed by atoms with Crippen molar-refractivity contribution in [1.82, 2.24) is 4.57 Å². The number of aromatic hydroxyl groups is 1. The molecule has 1 N–H and O–H groups in total. The van der Waals surface area contributed by atoms with Gasteiger partial charge in [0.05, 0.1) is 22.8 Å². The second-order valence-electron chi connectivity index (χ2n) is 6.25. The summed E-state index contributed by atoms with van der Waals surface area (Å²) in [7, 11) is 0. The third kappa shape index (κ3) is 3.60. The minimum atomic E-state index is -0.424. The quantitative estimate of drug-likeness (QED) is 0.798. The fourth-order valence-corrected chi connectivity index (χ4v) is 4.19. The van der Waals surface area contributed by atoms with Crippen LogP contribution in [0.3, 0.4) is 0 Å². The van der Waals surface area contributed by atoms with E-state index in [1.807, 2.05) is 6.92 Å². The highest BCUT2D eigenvalue weighted by Gasteiger charge is 2.29. The number of aromatic nitrogens is 1. The van der Waals surface area contributed by atoms with Crippen molar-refractivity contribution in [3.63, 3.8) is 0 Å². The van der Waals surface area contributed by atoms with Gasteiger partial charge < -0.3 is 9.84 Å². The van der Waals surface area contributed by atoms with Crippen molar-refractivity contribution in [2.75, 3.05) is 6.61 Å². The Hall–Kier alpha value is -2.67. The number of phenolic OH excluding ortho intramolecular Hbond substituents is 1. The van der Waals surface area contributed by atoms with Crippen LogP contribution in [0.15, 0.2) is 39.6 Å². The van der Waals surface area contributed by atoms with Crippen LogP contribution in [0.4, 0.5) is 0 Å². The van der Waals surface area contributed by atoms with Gasteiger partial charge in [0.2, 0.25) is 0 Å². The SMILES string of the molecule is CCC[C@@H]1N=c2s/c(=C\c3ccccc3O)c(=O)n2C(C)=C1C(=O)OCC. The van der Waals surface area contributed by atoms with Gasteiger partial charge >= 0.3 is 5.97 Å². The van der Waals surface area contributed by atoms with Crippen LogP contribution < -0.4 is 14.9 Å². The summed E-state index contributed by atoms with van der Waals surface area (Å²) in [5.74, 6) is -0.319. The molecular formula is C20H22N2O4S. The molecule has 7 heteroatoms. The van der Waals surface area contributed by atoms with E-state index in [2.05, 4.69) is 4.99 Å². The summed E-state index contributed by atoms with van der Waals surface area (Å²) in [6.07, 6.45) is 3.21. The molecule has 0 unspecified atom stereocenters. The van der Waals surface area contributed by atoms with Crippen molar-refractivity contribution in [1.29, 1.82) is 0 Å². The Morgan fingerprint density at radius 3 is 2.78 bits per heavy atom. The molecule has 1 aromatic heterocycles. The highest BCUT2D eigenvalue weighted by Crippen LogP contribution is 2.23. The summed E-state index contributed by atoms with van der Waals surface area (Å²) in [4.78, 5) is 30.6. The van der Waals surface area contributed by atoms with Gasteiger partial charge in [0.15, 0.2) is 4.80 Å². The molecular weight excluding hydrogens is 364 g/mol. The summed E-state index contributed by atoms with van der Waals surface area (Å²) in [6.45, 7) is 5.81. The highest BCUT2D eigenvalue weighted by molar-refractivity contribution is 7.07. The molecule has 2 heterocycles. The third-order valence-electron chi connectivity index (χ3n) is 4.41.